The molecule has 9 nitrogen and oxygen atoms in total. The van der Waals surface area contributed by atoms with E-state index in [0.717, 1.165) is 22.3 Å². The van der Waals surface area contributed by atoms with Gasteiger partial charge in [-0.3, -0.25) is 4.79 Å². The highest BCUT2D eigenvalue weighted by Crippen LogP contribution is 2.44. The van der Waals surface area contributed by atoms with Crippen LogP contribution in [0.3, 0.4) is 0 Å². The number of hydrogen-bond donors (Lipinski definition) is 4. The minimum Gasteiger partial charge on any atom is -0.480 e. The van der Waals surface area contributed by atoms with Crippen LogP contribution >= 0.6 is 0 Å². The van der Waals surface area contributed by atoms with Crippen molar-refractivity contribution in [3.05, 3.63) is 59.7 Å². The summed E-state index contributed by atoms with van der Waals surface area (Å²) in [5, 5.41) is 22.9. The molecule has 182 valence electrons. The summed E-state index contributed by atoms with van der Waals surface area (Å²) in [4.78, 5) is 36.4. The van der Waals surface area contributed by atoms with Crippen molar-refractivity contribution in [1.82, 2.24) is 10.6 Å². The third kappa shape index (κ3) is 6.12. The van der Waals surface area contributed by atoms with Gasteiger partial charge < -0.3 is 30.3 Å². The molecule has 2 amide bonds. The van der Waals surface area contributed by atoms with Crippen molar-refractivity contribution in [2.75, 3.05) is 19.8 Å². The van der Waals surface area contributed by atoms with E-state index in [-0.39, 0.29) is 19.1 Å². The van der Waals surface area contributed by atoms with Gasteiger partial charge in [0, 0.05) is 5.92 Å². The van der Waals surface area contributed by atoms with E-state index < -0.39 is 42.3 Å². The van der Waals surface area contributed by atoms with Gasteiger partial charge in [0.25, 0.3) is 0 Å². The quantitative estimate of drug-likeness (QED) is 0.442. The maximum atomic E-state index is 12.6. The predicted octanol–water partition coefficient (Wildman–Crippen LogP) is 2.27. The second-order valence-corrected chi connectivity index (χ2v) is 9.03. The first-order chi connectivity index (χ1) is 16.1. The van der Waals surface area contributed by atoms with Crippen LogP contribution in [0, 0.1) is 0 Å². The van der Waals surface area contributed by atoms with Crippen LogP contribution in [0.15, 0.2) is 48.5 Å². The van der Waals surface area contributed by atoms with Gasteiger partial charge >= 0.3 is 12.1 Å². The first-order valence-electron chi connectivity index (χ1n) is 11.0. The Bertz CT molecular complexity index is 1000. The molecule has 0 saturated heterocycles. The van der Waals surface area contributed by atoms with E-state index in [9.17, 15) is 19.5 Å². The molecule has 2 atom stereocenters. The number of aliphatic carboxylic acids is 1. The molecule has 0 aliphatic heterocycles. The summed E-state index contributed by atoms with van der Waals surface area (Å²) in [6.45, 7) is 4.40. The van der Waals surface area contributed by atoms with E-state index in [2.05, 4.69) is 10.6 Å². The van der Waals surface area contributed by atoms with Crippen LogP contribution in [0.2, 0.25) is 0 Å². The summed E-state index contributed by atoms with van der Waals surface area (Å²) < 4.78 is 11.1. The molecule has 1 aliphatic rings. The van der Waals surface area contributed by atoms with Crippen LogP contribution in [0.5, 0.6) is 0 Å². The minimum atomic E-state index is -1.51. The minimum absolute atomic E-state index is 0.0583. The number of alkyl carbamates (subject to hydrolysis) is 1. The highest BCUT2D eigenvalue weighted by molar-refractivity contribution is 5.89. The van der Waals surface area contributed by atoms with Gasteiger partial charge in [0.2, 0.25) is 5.91 Å². The Morgan fingerprint density at radius 2 is 1.50 bits per heavy atom. The maximum Gasteiger partial charge on any atom is 0.407 e. The van der Waals surface area contributed by atoms with Gasteiger partial charge in [-0.15, -0.1) is 0 Å². The van der Waals surface area contributed by atoms with Gasteiger partial charge in [-0.2, -0.15) is 0 Å². The van der Waals surface area contributed by atoms with Crippen molar-refractivity contribution in [2.45, 2.75) is 44.4 Å². The number of hydrogen-bond acceptors (Lipinski definition) is 6. The normalized spacial score (nSPS) is 14.5. The summed E-state index contributed by atoms with van der Waals surface area (Å²) in [6.07, 6.45) is -0.838. The number of carboxylic acid groups (broad SMARTS) is 1. The number of carbonyl (C=O) groups is 3. The zero-order valence-electron chi connectivity index (χ0n) is 19.4. The Morgan fingerprint density at radius 1 is 0.941 bits per heavy atom. The Balaban J connectivity index is 1.68. The molecule has 3 rings (SSSR count). The number of nitrogens with one attached hydrogen (secondary N) is 2. The van der Waals surface area contributed by atoms with Crippen molar-refractivity contribution >= 4 is 18.0 Å². The average Bonchev–Trinajstić information content (AvgIpc) is 3.11. The Morgan fingerprint density at radius 3 is 2.00 bits per heavy atom. The predicted molar refractivity (Wildman–Crippen MR) is 124 cm³/mol. The van der Waals surface area contributed by atoms with Crippen LogP contribution in [-0.4, -0.2) is 65.7 Å². The van der Waals surface area contributed by atoms with Gasteiger partial charge in [0.05, 0.1) is 18.8 Å². The molecule has 2 aromatic carbocycles. The molecular weight excluding hydrogens is 440 g/mol. The third-order valence-electron chi connectivity index (χ3n) is 5.43. The second kappa shape index (κ2) is 10.7. The number of benzene rings is 2. The van der Waals surface area contributed by atoms with Gasteiger partial charge in [-0.05, 0) is 43.0 Å². The molecule has 0 spiro atoms. The number of ether oxygens (including phenoxy) is 2. The number of rotatable bonds is 9. The largest absolute Gasteiger partial charge is 0.480 e. The van der Waals surface area contributed by atoms with Gasteiger partial charge in [-0.25, -0.2) is 9.59 Å². The summed E-state index contributed by atoms with van der Waals surface area (Å²) in [6, 6.07) is 13.1. The number of amides is 2. The number of aliphatic hydroxyl groups is 1. The molecule has 4 N–H and O–H groups in total. The van der Waals surface area contributed by atoms with E-state index in [1.165, 1.54) is 0 Å². The molecule has 34 heavy (non-hydrogen) atoms. The average molecular weight is 471 g/mol. The molecule has 0 fully saturated rings. The maximum absolute atomic E-state index is 12.6. The number of carboxylic acids is 1. The lowest BCUT2D eigenvalue weighted by Crippen LogP contribution is -2.55. The summed E-state index contributed by atoms with van der Waals surface area (Å²) >= 11 is 0. The molecular formula is C25H30N2O7. The SMILES string of the molecule is CC(C)(C)OC[C@H](NC(=O)OCC1c2ccccc2-c2ccccc21)C(=O)N[C@@H](CO)C(=O)O. The van der Waals surface area contributed by atoms with Crippen LogP contribution in [-0.2, 0) is 19.1 Å². The third-order valence-corrected chi connectivity index (χ3v) is 5.43. The van der Waals surface area contributed by atoms with Gasteiger partial charge in [0.1, 0.15) is 18.7 Å². The highest BCUT2D eigenvalue weighted by Gasteiger charge is 2.31. The molecule has 9 heteroatoms. The molecule has 0 saturated carbocycles. The van der Waals surface area contributed by atoms with Crippen LogP contribution in [0.4, 0.5) is 4.79 Å². The van der Waals surface area contributed by atoms with Crippen molar-refractivity contribution in [3.8, 4) is 11.1 Å². The zero-order chi connectivity index (χ0) is 24.9. The zero-order valence-corrected chi connectivity index (χ0v) is 19.4. The molecule has 0 bridgehead atoms. The van der Waals surface area contributed by atoms with E-state index in [4.69, 9.17) is 14.6 Å². The summed E-state index contributed by atoms with van der Waals surface area (Å²) in [5.41, 5.74) is 3.67. The number of carbonyl (C=O) groups excluding carboxylic acids is 2. The second-order valence-electron chi connectivity index (χ2n) is 9.03. The summed E-state index contributed by atoms with van der Waals surface area (Å²) in [7, 11) is 0. The molecule has 1 aliphatic carbocycles. The smallest absolute Gasteiger partial charge is 0.407 e. The topological polar surface area (TPSA) is 134 Å². The lowest BCUT2D eigenvalue weighted by atomic mass is 9.98. The lowest BCUT2D eigenvalue weighted by molar-refractivity contribution is -0.143. The fourth-order valence-corrected chi connectivity index (χ4v) is 3.76. The van der Waals surface area contributed by atoms with Gasteiger partial charge in [-0.1, -0.05) is 48.5 Å². The fourth-order valence-electron chi connectivity index (χ4n) is 3.76. The van der Waals surface area contributed by atoms with Crippen molar-refractivity contribution in [1.29, 1.82) is 0 Å². The van der Waals surface area contributed by atoms with E-state index >= 15 is 0 Å². The van der Waals surface area contributed by atoms with Crippen molar-refractivity contribution in [3.63, 3.8) is 0 Å². The Labute approximate surface area is 198 Å². The standard InChI is InChI=1S/C25H30N2O7/c1-25(2,3)34-14-21(22(29)26-20(12-28)23(30)31)27-24(32)33-13-19-17-10-6-4-8-15(17)16-9-5-7-11-18(16)19/h4-11,19-21,28H,12-14H2,1-3H3,(H,26,29)(H,27,32)(H,30,31)/t20-,21-/m0/s1. The van der Waals surface area contributed by atoms with Gasteiger partial charge in [0.15, 0.2) is 0 Å². The monoisotopic (exact) mass is 470 g/mol. The van der Waals surface area contributed by atoms with E-state index in [1.54, 1.807) is 20.8 Å². The highest BCUT2D eigenvalue weighted by atomic mass is 16.5. The van der Waals surface area contributed by atoms with E-state index in [0.29, 0.717) is 0 Å². The Hall–Kier alpha value is -3.43. The van der Waals surface area contributed by atoms with Crippen molar-refractivity contribution < 1.29 is 34.1 Å². The molecule has 0 radical (unpaired) electrons. The first kappa shape index (κ1) is 25.2. The molecule has 0 unspecified atom stereocenters. The van der Waals surface area contributed by atoms with Crippen molar-refractivity contribution in [2.24, 2.45) is 0 Å². The van der Waals surface area contributed by atoms with Crippen LogP contribution in [0.1, 0.15) is 37.8 Å². The molecule has 0 aromatic heterocycles. The fraction of sp³-hybridized carbons (Fsp3) is 0.400. The summed E-state index contributed by atoms with van der Waals surface area (Å²) in [5.74, 6) is -2.35. The lowest BCUT2D eigenvalue weighted by Gasteiger charge is -2.25. The molecule has 0 heterocycles. The van der Waals surface area contributed by atoms with Crippen LogP contribution < -0.4 is 10.6 Å². The van der Waals surface area contributed by atoms with Crippen LogP contribution in [0.25, 0.3) is 11.1 Å². The number of fused-ring (bicyclic) bond motifs is 3. The Kier molecular flexibility index (Phi) is 7.90. The molecule has 2 aromatic rings. The first-order valence-corrected chi connectivity index (χ1v) is 11.0. The van der Waals surface area contributed by atoms with E-state index in [1.807, 2.05) is 48.5 Å². The number of aliphatic hydroxyl groups excluding tert-OH is 1.